The summed E-state index contributed by atoms with van der Waals surface area (Å²) in [6.45, 7) is 0. The van der Waals surface area contributed by atoms with Gasteiger partial charge >= 0.3 is 5.69 Å². The van der Waals surface area contributed by atoms with Crippen LogP contribution in [0.3, 0.4) is 0 Å². The molecule has 0 atom stereocenters. The molecule has 1 aromatic carbocycles. The van der Waals surface area contributed by atoms with Gasteiger partial charge in [-0.1, -0.05) is 11.6 Å². The van der Waals surface area contributed by atoms with E-state index in [4.69, 9.17) is 11.6 Å². The molecule has 0 unspecified atom stereocenters. The van der Waals surface area contributed by atoms with Crippen LogP contribution < -0.4 is 11.0 Å². The summed E-state index contributed by atoms with van der Waals surface area (Å²) in [5, 5.41) is 2.82. The van der Waals surface area contributed by atoms with Gasteiger partial charge in [0.15, 0.2) is 0 Å². The van der Waals surface area contributed by atoms with Crippen LogP contribution in [0.15, 0.2) is 39.7 Å². The monoisotopic (exact) mass is 366 g/mol. The highest BCUT2D eigenvalue weighted by Crippen LogP contribution is 2.20. The number of rotatable bonds is 2. The molecule has 3 aromatic rings. The first-order valence-corrected chi connectivity index (χ1v) is 7.04. The first-order chi connectivity index (χ1) is 10.0. The number of nitrogens with one attached hydrogen (secondary N) is 3. The van der Waals surface area contributed by atoms with E-state index in [9.17, 15) is 9.59 Å². The first-order valence-electron chi connectivity index (χ1n) is 5.87. The summed E-state index contributed by atoms with van der Waals surface area (Å²) in [5.74, 6) is -0.383. The van der Waals surface area contributed by atoms with Crippen molar-refractivity contribution in [2.75, 3.05) is 5.32 Å². The van der Waals surface area contributed by atoms with Gasteiger partial charge in [0, 0.05) is 16.4 Å². The summed E-state index contributed by atoms with van der Waals surface area (Å²) in [7, 11) is 0. The van der Waals surface area contributed by atoms with Crippen molar-refractivity contribution in [2.24, 2.45) is 0 Å². The van der Waals surface area contributed by atoms with Crippen molar-refractivity contribution in [3.63, 3.8) is 0 Å². The highest BCUT2D eigenvalue weighted by Gasteiger charge is 2.12. The molecule has 0 aliphatic carbocycles. The Labute approximate surface area is 131 Å². The average Bonchev–Trinajstić information content (AvgIpc) is 2.80. The first kappa shape index (κ1) is 13.8. The van der Waals surface area contributed by atoms with Crippen LogP contribution in [0.5, 0.6) is 0 Å². The Morgan fingerprint density at radius 3 is 2.81 bits per heavy atom. The van der Waals surface area contributed by atoms with E-state index in [0.717, 1.165) is 0 Å². The molecule has 0 saturated heterocycles. The van der Waals surface area contributed by atoms with E-state index < -0.39 is 0 Å². The number of hydrogen-bond donors (Lipinski definition) is 3. The second-order valence-corrected chi connectivity index (χ2v) is 5.56. The Bertz CT molecular complexity index is 903. The number of anilines is 1. The molecule has 8 heteroatoms. The Morgan fingerprint density at radius 2 is 2.00 bits per heavy atom. The summed E-state index contributed by atoms with van der Waals surface area (Å²) in [6, 6.07) is 6.62. The molecule has 2 aromatic heterocycles. The molecule has 21 heavy (non-hydrogen) atoms. The Morgan fingerprint density at radius 1 is 1.24 bits per heavy atom. The van der Waals surface area contributed by atoms with Crippen molar-refractivity contribution in [3.05, 3.63) is 56.1 Å². The molecule has 0 fully saturated rings. The molecule has 0 aliphatic heterocycles. The van der Waals surface area contributed by atoms with Crippen LogP contribution >= 0.6 is 27.5 Å². The smallest absolute Gasteiger partial charge is 0.322 e. The molecule has 0 radical (unpaired) electrons. The summed E-state index contributed by atoms with van der Waals surface area (Å²) in [6.07, 6.45) is 1.51. The van der Waals surface area contributed by atoms with E-state index in [1.807, 2.05) is 0 Å². The Hall–Kier alpha value is -2.12. The SMILES string of the molecule is O=C(Nc1ccc2[nH]c(=O)[nH]c2c1)c1cc(Br)cnc1Cl. The lowest BCUT2D eigenvalue weighted by atomic mass is 10.2. The zero-order chi connectivity index (χ0) is 15.0. The van der Waals surface area contributed by atoms with Gasteiger partial charge in [-0.15, -0.1) is 0 Å². The molecular weight excluding hydrogens is 360 g/mol. The third-order valence-corrected chi connectivity index (χ3v) is 3.56. The number of amides is 1. The molecule has 2 heterocycles. The van der Waals surface area contributed by atoms with Gasteiger partial charge in [0.2, 0.25) is 0 Å². The van der Waals surface area contributed by atoms with E-state index in [2.05, 4.69) is 36.2 Å². The van der Waals surface area contributed by atoms with Gasteiger partial charge in [0.25, 0.3) is 5.91 Å². The maximum atomic E-state index is 12.2. The molecular formula is C13H8BrClN4O2. The number of fused-ring (bicyclic) bond motifs is 1. The number of hydrogen-bond acceptors (Lipinski definition) is 3. The van der Waals surface area contributed by atoms with E-state index in [1.165, 1.54) is 6.20 Å². The maximum Gasteiger partial charge on any atom is 0.323 e. The second-order valence-electron chi connectivity index (χ2n) is 4.29. The van der Waals surface area contributed by atoms with Gasteiger partial charge in [0.1, 0.15) is 5.15 Å². The van der Waals surface area contributed by atoms with Crippen molar-refractivity contribution in [2.45, 2.75) is 0 Å². The standard InChI is InChI=1S/C13H8BrClN4O2/c14-6-3-8(11(15)16-5-6)12(20)17-7-1-2-9-10(4-7)19-13(21)18-9/h1-5H,(H,17,20)(H2,18,19,21). The highest BCUT2D eigenvalue weighted by molar-refractivity contribution is 9.10. The topological polar surface area (TPSA) is 90.6 Å². The summed E-state index contributed by atoms with van der Waals surface area (Å²) < 4.78 is 0.655. The predicted molar refractivity (Wildman–Crippen MR) is 83.8 cm³/mol. The van der Waals surface area contributed by atoms with Crippen molar-refractivity contribution in [1.29, 1.82) is 0 Å². The van der Waals surface area contributed by atoms with Crippen molar-refractivity contribution >= 4 is 50.2 Å². The number of carbonyl (C=O) groups excluding carboxylic acids is 1. The molecule has 0 bridgehead atoms. The van der Waals surface area contributed by atoms with Crippen LogP contribution in [-0.2, 0) is 0 Å². The molecule has 1 amide bonds. The van der Waals surface area contributed by atoms with Gasteiger partial charge in [-0.25, -0.2) is 9.78 Å². The lowest BCUT2D eigenvalue weighted by Gasteiger charge is -2.06. The molecule has 106 valence electrons. The molecule has 0 spiro atoms. The van der Waals surface area contributed by atoms with E-state index in [1.54, 1.807) is 24.3 Å². The lowest BCUT2D eigenvalue weighted by molar-refractivity contribution is 0.102. The minimum atomic E-state index is -0.383. The van der Waals surface area contributed by atoms with Gasteiger partial charge in [-0.2, -0.15) is 0 Å². The number of pyridine rings is 1. The fourth-order valence-electron chi connectivity index (χ4n) is 1.89. The van der Waals surface area contributed by atoms with Crippen LogP contribution in [-0.4, -0.2) is 20.9 Å². The highest BCUT2D eigenvalue weighted by atomic mass is 79.9. The third kappa shape index (κ3) is 2.84. The number of aromatic nitrogens is 3. The van der Waals surface area contributed by atoms with Crippen LogP contribution in [0, 0.1) is 0 Å². The normalized spacial score (nSPS) is 10.8. The lowest BCUT2D eigenvalue weighted by Crippen LogP contribution is -2.13. The van der Waals surface area contributed by atoms with Crippen molar-refractivity contribution in [1.82, 2.24) is 15.0 Å². The van der Waals surface area contributed by atoms with E-state index in [-0.39, 0.29) is 22.3 Å². The van der Waals surface area contributed by atoms with Crippen LogP contribution in [0.2, 0.25) is 5.15 Å². The van der Waals surface area contributed by atoms with Gasteiger partial charge < -0.3 is 15.3 Å². The molecule has 6 nitrogen and oxygen atoms in total. The number of aromatic amines is 2. The average molecular weight is 368 g/mol. The summed E-state index contributed by atoms with van der Waals surface area (Å²) in [5.41, 5.74) is 1.77. The van der Waals surface area contributed by atoms with Crippen molar-refractivity contribution in [3.8, 4) is 0 Å². The van der Waals surface area contributed by atoms with Crippen LogP contribution in [0.25, 0.3) is 11.0 Å². The molecule has 0 saturated carbocycles. The van der Waals surface area contributed by atoms with E-state index >= 15 is 0 Å². The number of benzene rings is 1. The quantitative estimate of drug-likeness (QED) is 0.608. The number of imidazole rings is 1. The largest absolute Gasteiger partial charge is 0.323 e. The molecule has 3 N–H and O–H groups in total. The Kier molecular flexibility index (Phi) is 3.52. The number of H-pyrrole nitrogens is 2. The molecule has 3 rings (SSSR count). The number of carbonyl (C=O) groups is 1. The fourth-order valence-corrected chi connectivity index (χ4v) is 2.41. The second kappa shape index (κ2) is 5.34. The minimum absolute atomic E-state index is 0.117. The van der Waals surface area contributed by atoms with Gasteiger partial charge in [-0.3, -0.25) is 4.79 Å². The van der Waals surface area contributed by atoms with Gasteiger partial charge in [0.05, 0.1) is 16.6 Å². The Balaban J connectivity index is 1.92. The number of halogens is 2. The summed E-state index contributed by atoms with van der Waals surface area (Å²) >= 11 is 9.15. The predicted octanol–water partition coefficient (Wildman–Crippen LogP) is 2.92. The maximum absolute atomic E-state index is 12.2. The summed E-state index contributed by atoms with van der Waals surface area (Å²) in [4.78, 5) is 32.5. The molecule has 0 aliphatic rings. The van der Waals surface area contributed by atoms with Crippen LogP contribution in [0.4, 0.5) is 5.69 Å². The third-order valence-electron chi connectivity index (χ3n) is 2.82. The minimum Gasteiger partial charge on any atom is -0.322 e. The number of nitrogens with zero attached hydrogens (tertiary/aromatic N) is 1. The van der Waals surface area contributed by atoms with E-state index in [0.29, 0.717) is 21.2 Å². The zero-order valence-electron chi connectivity index (χ0n) is 10.4. The zero-order valence-corrected chi connectivity index (χ0v) is 12.7. The van der Waals surface area contributed by atoms with Crippen LogP contribution in [0.1, 0.15) is 10.4 Å². The van der Waals surface area contributed by atoms with Crippen molar-refractivity contribution < 1.29 is 4.79 Å². The van der Waals surface area contributed by atoms with Gasteiger partial charge in [-0.05, 0) is 40.2 Å². The fraction of sp³-hybridized carbons (Fsp3) is 0.